The second-order valence-electron chi connectivity index (χ2n) is 4.53. The van der Waals surface area contributed by atoms with E-state index in [0.717, 1.165) is 11.3 Å². The second kappa shape index (κ2) is 7.56. The standard InChI is InChI=1S/C17H14N6/c1-3-8-14(9-4-1)16(21-20-15-10-5-2-6-11-15)22-23-17-18-12-7-13-19-17/h1-13,20H. The van der Waals surface area contributed by atoms with Gasteiger partial charge in [-0.1, -0.05) is 48.5 Å². The molecule has 0 atom stereocenters. The number of anilines is 1. The molecule has 0 amide bonds. The molecule has 6 heteroatoms. The van der Waals surface area contributed by atoms with Crippen molar-refractivity contribution in [2.24, 2.45) is 15.3 Å². The summed E-state index contributed by atoms with van der Waals surface area (Å²) in [5, 5.41) is 12.5. The van der Waals surface area contributed by atoms with Crippen LogP contribution < -0.4 is 5.43 Å². The molecule has 1 aromatic heterocycles. The first-order chi connectivity index (χ1) is 11.4. The zero-order valence-electron chi connectivity index (χ0n) is 12.2. The molecule has 0 saturated heterocycles. The lowest BCUT2D eigenvalue weighted by Crippen LogP contribution is -2.01. The number of hydrogen-bond acceptors (Lipinski definition) is 5. The molecule has 0 saturated carbocycles. The van der Waals surface area contributed by atoms with Gasteiger partial charge in [-0.25, -0.2) is 9.97 Å². The van der Waals surface area contributed by atoms with Gasteiger partial charge >= 0.3 is 0 Å². The molecule has 3 rings (SSSR count). The molecule has 6 nitrogen and oxygen atoms in total. The minimum Gasteiger partial charge on any atom is -0.276 e. The van der Waals surface area contributed by atoms with Crippen LogP contribution in [0.15, 0.2) is 94.5 Å². The van der Waals surface area contributed by atoms with Crippen molar-refractivity contribution in [3.63, 3.8) is 0 Å². The predicted molar refractivity (Wildman–Crippen MR) is 89.6 cm³/mol. The number of amidine groups is 1. The molecule has 112 valence electrons. The molecule has 0 unspecified atom stereocenters. The summed E-state index contributed by atoms with van der Waals surface area (Å²) in [7, 11) is 0. The summed E-state index contributed by atoms with van der Waals surface area (Å²) in [5.74, 6) is 0.734. The highest BCUT2D eigenvalue weighted by atomic mass is 15.3. The molecule has 1 heterocycles. The zero-order valence-corrected chi connectivity index (χ0v) is 12.2. The van der Waals surface area contributed by atoms with Crippen LogP contribution in [0.4, 0.5) is 11.6 Å². The van der Waals surface area contributed by atoms with E-state index in [4.69, 9.17) is 0 Å². The lowest BCUT2D eigenvalue weighted by atomic mass is 10.2. The van der Waals surface area contributed by atoms with Crippen LogP contribution in [-0.2, 0) is 0 Å². The van der Waals surface area contributed by atoms with Crippen LogP contribution in [0.25, 0.3) is 0 Å². The van der Waals surface area contributed by atoms with Crippen molar-refractivity contribution in [2.45, 2.75) is 0 Å². The first-order valence-electron chi connectivity index (χ1n) is 7.05. The van der Waals surface area contributed by atoms with Gasteiger partial charge in [0.25, 0.3) is 5.95 Å². The smallest absolute Gasteiger partial charge is 0.268 e. The number of nitrogens with zero attached hydrogens (tertiary/aromatic N) is 5. The maximum absolute atomic E-state index is 4.33. The maximum Gasteiger partial charge on any atom is 0.268 e. The van der Waals surface area contributed by atoms with E-state index < -0.39 is 0 Å². The fourth-order valence-corrected chi connectivity index (χ4v) is 1.80. The SMILES string of the molecule is c1ccc(NN=C(N=Nc2ncccn2)c2ccccc2)cc1. The molecule has 2 aromatic carbocycles. The number of azo groups is 1. The van der Waals surface area contributed by atoms with Gasteiger partial charge in [0.1, 0.15) is 0 Å². The third-order valence-corrected chi connectivity index (χ3v) is 2.88. The van der Waals surface area contributed by atoms with Crippen LogP contribution in [0.3, 0.4) is 0 Å². The van der Waals surface area contributed by atoms with Crippen LogP contribution >= 0.6 is 0 Å². The number of aromatic nitrogens is 2. The molecular weight excluding hydrogens is 288 g/mol. The third-order valence-electron chi connectivity index (χ3n) is 2.88. The molecule has 23 heavy (non-hydrogen) atoms. The van der Waals surface area contributed by atoms with Gasteiger partial charge in [0.2, 0.25) is 5.84 Å². The third kappa shape index (κ3) is 4.28. The van der Waals surface area contributed by atoms with Gasteiger partial charge < -0.3 is 0 Å². The van der Waals surface area contributed by atoms with Gasteiger partial charge in [-0.15, -0.1) is 10.2 Å². The lowest BCUT2D eigenvalue weighted by molar-refractivity contribution is 1.07. The van der Waals surface area contributed by atoms with Crippen LogP contribution in [-0.4, -0.2) is 15.8 Å². The van der Waals surface area contributed by atoms with Crippen LogP contribution in [0, 0.1) is 0 Å². The topological polar surface area (TPSA) is 74.9 Å². The van der Waals surface area contributed by atoms with E-state index in [1.807, 2.05) is 60.7 Å². The quantitative estimate of drug-likeness (QED) is 0.342. The highest BCUT2D eigenvalue weighted by Gasteiger charge is 2.02. The number of rotatable bonds is 4. The molecule has 0 bridgehead atoms. The van der Waals surface area contributed by atoms with E-state index in [1.165, 1.54) is 0 Å². The Morgan fingerprint density at radius 3 is 2.13 bits per heavy atom. The Labute approximate surface area is 133 Å². The van der Waals surface area contributed by atoms with E-state index in [9.17, 15) is 0 Å². The fourth-order valence-electron chi connectivity index (χ4n) is 1.80. The zero-order chi connectivity index (χ0) is 15.7. The number of benzene rings is 2. The Balaban J connectivity index is 1.86. The minimum atomic E-state index is 0.288. The Morgan fingerprint density at radius 2 is 1.43 bits per heavy atom. The molecule has 0 radical (unpaired) electrons. The average Bonchev–Trinajstić information content (AvgIpc) is 2.64. The van der Waals surface area contributed by atoms with Crippen molar-refractivity contribution in [1.29, 1.82) is 0 Å². The van der Waals surface area contributed by atoms with E-state index in [0.29, 0.717) is 5.84 Å². The van der Waals surface area contributed by atoms with Crippen molar-refractivity contribution in [3.05, 3.63) is 84.7 Å². The largest absolute Gasteiger partial charge is 0.276 e. The van der Waals surface area contributed by atoms with Gasteiger partial charge in [-0.05, 0) is 18.2 Å². The maximum atomic E-state index is 4.33. The van der Waals surface area contributed by atoms with Crippen LogP contribution in [0.2, 0.25) is 0 Å². The van der Waals surface area contributed by atoms with Crippen molar-refractivity contribution in [1.82, 2.24) is 9.97 Å². The fraction of sp³-hybridized carbons (Fsp3) is 0. The summed E-state index contributed by atoms with van der Waals surface area (Å²) < 4.78 is 0. The summed E-state index contributed by atoms with van der Waals surface area (Å²) in [6.45, 7) is 0. The molecule has 0 spiro atoms. The molecule has 0 aliphatic heterocycles. The molecule has 0 fully saturated rings. The van der Waals surface area contributed by atoms with Crippen molar-refractivity contribution in [3.8, 4) is 0 Å². The number of hydrazone groups is 1. The summed E-state index contributed by atoms with van der Waals surface area (Å²) in [5.41, 5.74) is 4.68. The van der Waals surface area contributed by atoms with Gasteiger partial charge in [0.15, 0.2) is 0 Å². The van der Waals surface area contributed by atoms with Gasteiger partial charge in [0, 0.05) is 18.0 Å². The Kier molecular flexibility index (Phi) is 4.77. The van der Waals surface area contributed by atoms with Crippen molar-refractivity contribution in [2.75, 3.05) is 5.43 Å². The minimum absolute atomic E-state index is 0.288. The normalized spacial score (nSPS) is 11.6. The Morgan fingerprint density at radius 1 is 0.783 bits per heavy atom. The molecule has 1 N–H and O–H groups in total. The summed E-state index contributed by atoms with van der Waals surface area (Å²) in [6, 6.07) is 21.0. The number of hydrogen-bond donors (Lipinski definition) is 1. The lowest BCUT2D eigenvalue weighted by Gasteiger charge is -2.02. The van der Waals surface area contributed by atoms with E-state index in [-0.39, 0.29) is 5.95 Å². The predicted octanol–water partition coefficient (Wildman–Crippen LogP) is 4.03. The summed E-state index contributed by atoms with van der Waals surface area (Å²) >= 11 is 0. The monoisotopic (exact) mass is 302 g/mol. The van der Waals surface area contributed by atoms with E-state index >= 15 is 0 Å². The first-order valence-corrected chi connectivity index (χ1v) is 7.05. The molecule has 0 aliphatic carbocycles. The van der Waals surface area contributed by atoms with Crippen molar-refractivity contribution >= 4 is 17.5 Å². The summed E-state index contributed by atoms with van der Waals surface area (Å²) in [4.78, 5) is 8.03. The first kappa shape index (κ1) is 14.5. The van der Waals surface area contributed by atoms with Crippen LogP contribution in [0.1, 0.15) is 5.56 Å². The van der Waals surface area contributed by atoms with Gasteiger partial charge in [-0.2, -0.15) is 5.10 Å². The molecule has 0 aliphatic rings. The highest BCUT2D eigenvalue weighted by molar-refractivity contribution is 5.99. The van der Waals surface area contributed by atoms with Gasteiger partial charge in [-0.3, -0.25) is 5.43 Å². The Bertz CT molecular complexity index is 785. The van der Waals surface area contributed by atoms with Crippen LogP contribution in [0.5, 0.6) is 0 Å². The van der Waals surface area contributed by atoms with E-state index in [2.05, 4.69) is 30.7 Å². The highest BCUT2D eigenvalue weighted by Crippen LogP contribution is 2.09. The van der Waals surface area contributed by atoms with E-state index in [1.54, 1.807) is 18.5 Å². The summed E-state index contributed by atoms with van der Waals surface area (Å²) in [6.07, 6.45) is 3.23. The number of nitrogens with one attached hydrogen (secondary N) is 1. The van der Waals surface area contributed by atoms with Gasteiger partial charge in [0.05, 0.1) is 5.69 Å². The Hall–Kier alpha value is -3.41. The number of para-hydroxylation sites is 1. The average molecular weight is 302 g/mol. The molecule has 3 aromatic rings. The van der Waals surface area contributed by atoms with Crippen molar-refractivity contribution < 1.29 is 0 Å². The molecular formula is C17H14N6. The second-order valence-corrected chi connectivity index (χ2v) is 4.53.